The molecule has 5 heteroatoms. The number of halogens is 1. The summed E-state index contributed by atoms with van der Waals surface area (Å²) in [4.78, 5) is 0. The molecule has 0 spiro atoms. The summed E-state index contributed by atoms with van der Waals surface area (Å²) in [6, 6.07) is 0. The Kier molecular flexibility index (Phi) is 1.31. The summed E-state index contributed by atoms with van der Waals surface area (Å²) in [6.07, 6.45) is 1.06. The van der Waals surface area contributed by atoms with Gasteiger partial charge in [-0.2, -0.15) is 0 Å². The van der Waals surface area contributed by atoms with Crippen LogP contribution in [0.1, 0.15) is 13.3 Å². The Hall–Kier alpha value is 0.570. The second-order valence-electron chi connectivity index (χ2n) is 4.36. The molecule has 1 heterocycles. The zero-order valence-corrected chi connectivity index (χ0v) is 8.95. The third-order valence-electron chi connectivity index (χ3n) is 3.61. The molecule has 70 valence electrons. The van der Waals surface area contributed by atoms with Gasteiger partial charge >= 0.3 is 82.2 Å². The monoisotopic (exact) mass is 283 g/mol. The number of hydrogen-bond donors (Lipinski definition) is 2. The van der Waals surface area contributed by atoms with Crippen molar-refractivity contribution in [1.82, 2.24) is 0 Å². The Labute approximate surface area is 82.3 Å². The van der Waals surface area contributed by atoms with Crippen LogP contribution in [0.5, 0.6) is 0 Å². The zero-order valence-electron chi connectivity index (χ0n) is 6.79. The van der Waals surface area contributed by atoms with Crippen LogP contribution in [-0.4, -0.2) is 17.9 Å². The van der Waals surface area contributed by atoms with Crippen molar-refractivity contribution in [2.75, 3.05) is 0 Å². The average Bonchev–Trinajstić information content (AvgIpc) is 2.50. The Morgan fingerprint density at radius 1 is 1.50 bits per heavy atom. The number of hydrogen-bond acceptors (Lipinski definition) is 4. The predicted molar refractivity (Wildman–Crippen MR) is 37.1 cm³/mol. The fraction of sp³-hybridized carbons (Fsp3) is 1.00. The van der Waals surface area contributed by atoms with Gasteiger partial charge < -0.3 is 0 Å². The molecule has 0 aromatic heterocycles. The van der Waals surface area contributed by atoms with Crippen LogP contribution in [0.2, 0.25) is 0 Å². The third-order valence-corrected chi connectivity index (χ3v) is 5.13. The normalized spacial score (nSPS) is 68.4. The summed E-state index contributed by atoms with van der Waals surface area (Å²) >= 11 is -0.618. The molecule has 4 N–H and O–H groups in total. The van der Waals surface area contributed by atoms with Gasteiger partial charge in [0.25, 0.3) is 0 Å². The van der Waals surface area contributed by atoms with E-state index in [0.29, 0.717) is 5.92 Å². The van der Waals surface area contributed by atoms with Crippen LogP contribution in [-0.2, 0) is 6.13 Å². The van der Waals surface area contributed by atoms with Crippen LogP contribution < -0.4 is 33.5 Å². The molecule has 0 aromatic carbocycles. The fourth-order valence-corrected chi connectivity index (χ4v) is 4.76. The first-order valence-electron chi connectivity index (χ1n) is 4.10. The van der Waals surface area contributed by atoms with Crippen molar-refractivity contribution in [3.63, 3.8) is 0 Å². The van der Waals surface area contributed by atoms with E-state index in [1.807, 2.05) is 0 Å². The summed E-state index contributed by atoms with van der Waals surface area (Å²) in [6.45, 7) is 2.16. The molecule has 2 saturated carbocycles. The maximum absolute atomic E-state index is 6.08. The second-order valence-corrected chi connectivity index (χ2v) is 5.73. The summed E-state index contributed by atoms with van der Waals surface area (Å²) in [5, 5.41) is 0. The van der Waals surface area contributed by atoms with Crippen LogP contribution in [0.25, 0.3) is 0 Å². The van der Waals surface area contributed by atoms with Crippen LogP contribution >= 0.6 is 0 Å². The van der Waals surface area contributed by atoms with Crippen LogP contribution in [0.15, 0.2) is 0 Å². The molecule has 5 atom stereocenters. The first kappa shape index (κ1) is 7.93. The van der Waals surface area contributed by atoms with Gasteiger partial charge in [0, 0.05) is 0 Å². The van der Waals surface area contributed by atoms with E-state index in [-0.39, 0.29) is 23.3 Å². The summed E-state index contributed by atoms with van der Waals surface area (Å²) in [5.74, 6) is 0.460. The fourth-order valence-electron chi connectivity index (χ4n) is 2.84. The van der Waals surface area contributed by atoms with E-state index in [0.717, 1.165) is 6.42 Å². The van der Waals surface area contributed by atoms with Crippen molar-refractivity contribution in [3.8, 4) is 0 Å². The second kappa shape index (κ2) is 1.98. The molecule has 0 radical (unpaired) electrons. The van der Waals surface area contributed by atoms with Gasteiger partial charge in [-0.3, -0.25) is 0 Å². The third kappa shape index (κ3) is 0.651. The van der Waals surface area contributed by atoms with E-state index >= 15 is 0 Å². The van der Waals surface area contributed by atoms with Crippen LogP contribution in [0.4, 0.5) is 0 Å². The quantitative estimate of drug-likeness (QED) is 0.450. The van der Waals surface area contributed by atoms with Gasteiger partial charge in [0.1, 0.15) is 0 Å². The van der Waals surface area contributed by atoms with E-state index in [1.165, 1.54) is 0 Å². The first-order valence-corrected chi connectivity index (χ1v) is 5.86. The van der Waals surface area contributed by atoms with Crippen molar-refractivity contribution < 1.29 is 28.2 Å². The molecule has 3 rings (SSSR count). The van der Waals surface area contributed by atoms with Gasteiger partial charge in [-0.1, -0.05) is 0 Å². The Morgan fingerprint density at radius 3 is 3.00 bits per heavy atom. The molecule has 12 heavy (non-hydrogen) atoms. The van der Waals surface area contributed by atoms with Crippen molar-refractivity contribution in [2.45, 2.75) is 31.2 Å². The van der Waals surface area contributed by atoms with Crippen molar-refractivity contribution in [3.05, 3.63) is 0 Å². The van der Waals surface area contributed by atoms with Gasteiger partial charge in [-0.25, -0.2) is 0 Å². The molecule has 3 aliphatic rings. The molecule has 2 unspecified atom stereocenters. The minimum atomic E-state index is -0.618. The van der Waals surface area contributed by atoms with Gasteiger partial charge in [0.15, 0.2) is 0 Å². The van der Waals surface area contributed by atoms with E-state index in [9.17, 15) is 0 Å². The first-order chi connectivity index (χ1) is 5.59. The Morgan fingerprint density at radius 2 is 2.25 bits per heavy atom. The number of fused-ring (bicyclic) bond motifs is 1. The van der Waals surface area contributed by atoms with E-state index in [1.54, 1.807) is 0 Å². The molecule has 1 aliphatic heterocycles. The van der Waals surface area contributed by atoms with Crippen LogP contribution in [0.3, 0.4) is 0 Å². The van der Waals surface area contributed by atoms with Gasteiger partial charge in [0.2, 0.25) is 0 Å². The zero-order chi connectivity index (χ0) is 8.56. The van der Waals surface area contributed by atoms with Crippen molar-refractivity contribution in [1.29, 1.82) is 0 Å². The minimum absolute atomic E-state index is 0.0319. The summed E-state index contributed by atoms with van der Waals surface area (Å²) in [5.41, 5.74) is 12.0. The Balaban J connectivity index is 1.94. The van der Waals surface area contributed by atoms with Gasteiger partial charge in [-0.05, 0) is 0 Å². The Bertz CT molecular complexity index is 252. The molecular formula is C7H12IN2O2-. The van der Waals surface area contributed by atoms with Crippen molar-refractivity contribution in [2.24, 2.45) is 22.8 Å². The number of rotatable bonds is 0. The number of nitrogens with two attached hydrogens (primary N) is 2. The molecule has 4 nitrogen and oxygen atoms in total. The SMILES string of the molecule is C[C@]12C[C@]3(N)C(O[I-]OC1N)[C@@H]23. The molecule has 0 amide bonds. The van der Waals surface area contributed by atoms with Gasteiger partial charge in [-0.15, -0.1) is 0 Å². The molecule has 1 saturated heterocycles. The molecule has 0 aromatic rings. The summed E-state index contributed by atoms with van der Waals surface area (Å²) in [7, 11) is 0. The molecule has 2 aliphatic carbocycles. The summed E-state index contributed by atoms with van der Waals surface area (Å²) < 4.78 is 11.0. The molecule has 0 bridgehead atoms. The predicted octanol–water partition coefficient (Wildman–Crippen LogP) is -3.66. The molecular weight excluding hydrogens is 271 g/mol. The van der Waals surface area contributed by atoms with Crippen molar-refractivity contribution >= 4 is 0 Å². The molecule has 3 fully saturated rings. The average molecular weight is 283 g/mol. The van der Waals surface area contributed by atoms with E-state index in [4.69, 9.17) is 17.6 Å². The van der Waals surface area contributed by atoms with E-state index < -0.39 is 22.0 Å². The van der Waals surface area contributed by atoms with E-state index in [2.05, 4.69) is 6.92 Å². The van der Waals surface area contributed by atoms with Crippen LogP contribution in [0, 0.1) is 11.3 Å². The maximum atomic E-state index is 6.08. The topological polar surface area (TPSA) is 70.5 Å². The van der Waals surface area contributed by atoms with Gasteiger partial charge in [0.05, 0.1) is 0 Å². The standard InChI is InChI=1S/C7H12IN2O2/c1-6-2-7(10)3(6)4(7)11-8-12-5(6)9/h3-5H,2,9-10H2,1H3/q-1/t3-,4?,5?,6+,7+/m0/s1.